The summed E-state index contributed by atoms with van der Waals surface area (Å²) in [4.78, 5) is 4.27. The van der Waals surface area contributed by atoms with Gasteiger partial charge in [-0.15, -0.1) is 11.8 Å². The van der Waals surface area contributed by atoms with Gasteiger partial charge < -0.3 is 0 Å². The number of thioether (sulfide) groups is 1. The van der Waals surface area contributed by atoms with Crippen LogP contribution >= 0.6 is 11.8 Å². The summed E-state index contributed by atoms with van der Waals surface area (Å²) in [5.41, 5.74) is 2.03. The molecule has 0 fully saturated rings. The molecule has 0 bridgehead atoms. The van der Waals surface area contributed by atoms with Gasteiger partial charge in [-0.25, -0.2) is 0 Å². The molecule has 1 nitrogen and oxygen atoms in total. The van der Waals surface area contributed by atoms with E-state index < -0.39 is 0 Å². The van der Waals surface area contributed by atoms with E-state index in [-0.39, 0.29) is 0 Å². The second kappa shape index (κ2) is 12.1. The summed E-state index contributed by atoms with van der Waals surface area (Å²) in [5.74, 6) is 0. The highest BCUT2D eigenvalue weighted by atomic mass is 32.2. The van der Waals surface area contributed by atoms with Crippen LogP contribution in [-0.4, -0.2) is 17.3 Å². The van der Waals surface area contributed by atoms with Crippen molar-refractivity contribution in [2.75, 3.05) is 6.54 Å². The number of rotatable bonds is 12. The first-order valence-electron chi connectivity index (χ1n) is 8.07. The van der Waals surface area contributed by atoms with Crippen molar-refractivity contribution in [1.82, 2.24) is 0 Å². The lowest BCUT2D eigenvalue weighted by atomic mass is 10.0. The third-order valence-electron chi connectivity index (χ3n) is 3.77. The molecular weight excluding hydrogens is 238 g/mol. The Morgan fingerprint density at radius 3 is 1.94 bits per heavy atom. The maximum absolute atomic E-state index is 4.27. The Bertz CT molecular complexity index is 195. The molecule has 0 amide bonds. The molecule has 0 aromatic carbocycles. The van der Waals surface area contributed by atoms with E-state index in [1.54, 1.807) is 0 Å². The molecule has 2 heteroatoms. The molecule has 0 aromatic rings. The molecule has 0 aromatic heterocycles. The summed E-state index contributed by atoms with van der Waals surface area (Å²) < 4.78 is 0. The molecule has 1 aliphatic heterocycles. The second-order valence-corrected chi connectivity index (χ2v) is 6.70. The largest absolute Gasteiger partial charge is 0.285 e. The molecule has 106 valence electrons. The van der Waals surface area contributed by atoms with Crippen molar-refractivity contribution >= 4 is 17.3 Å². The van der Waals surface area contributed by atoms with Crippen molar-refractivity contribution < 1.29 is 0 Å². The van der Waals surface area contributed by atoms with Crippen LogP contribution in [0.15, 0.2) is 4.99 Å². The van der Waals surface area contributed by atoms with Gasteiger partial charge in [0.1, 0.15) is 0 Å². The van der Waals surface area contributed by atoms with Crippen molar-refractivity contribution in [3.05, 3.63) is 0 Å². The minimum atomic E-state index is 0.809. The molecule has 0 N–H and O–H groups in total. The molecule has 0 saturated heterocycles. The van der Waals surface area contributed by atoms with Gasteiger partial charge >= 0.3 is 0 Å². The van der Waals surface area contributed by atoms with Crippen LogP contribution in [0, 0.1) is 0 Å². The highest BCUT2D eigenvalue weighted by Gasteiger charge is 2.10. The van der Waals surface area contributed by atoms with E-state index in [1.165, 1.54) is 77.0 Å². The number of unbranched alkanes of at least 4 members (excludes halogenated alkanes) is 10. The Labute approximate surface area is 118 Å². The van der Waals surface area contributed by atoms with Crippen molar-refractivity contribution in [3.8, 4) is 0 Å². The van der Waals surface area contributed by atoms with E-state index in [1.807, 2.05) is 17.3 Å². The predicted octanol–water partition coefficient (Wildman–Crippen LogP) is 5.83. The van der Waals surface area contributed by atoms with Crippen LogP contribution in [0.2, 0.25) is 0 Å². The third kappa shape index (κ3) is 9.02. The molecule has 1 unspecified atom stereocenters. The van der Waals surface area contributed by atoms with Gasteiger partial charge in [-0.1, -0.05) is 77.6 Å². The lowest BCUT2D eigenvalue weighted by molar-refractivity contribution is 0.542. The highest BCUT2D eigenvalue weighted by molar-refractivity contribution is 8.12. The second-order valence-electron chi connectivity index (χ2n) is 5.55. The van der Waals surface area contributed by atoms with E-state index in [0.29, 0.717) is 0 Å². The predicted molar refractivity (Wildman–Crippen MR) is 85.8 cm³/mol. The van der Waals surface area contributed by atoms with E-state index in [0.717, 1.165) is 11.8 Å². The maximum Gasteiger partial charge on any atom is 0.0544 e. The highest BCUT2D eigenvalue weighted by Crippen LogP contribution is 2.21. The fraction of sp³-hybridized carbons (Fsp3) is 0.938. The van der Waals surface area contributed by atoms with Crippen LogP contribution in [0.4, 0.5) is 0 Å². The van der Waals surface area contributed by atoms with Crippen LogP contribution in [-0.2, 0) is 0 Å². The summed E-state index contributed by atoms with van der Waals surface area (Å²) in [5, 5.41) is 0.809. The van der Waals surface area contributed by atoms with E-state index in [9.17, 15) is 0 Å². The lowest BCUT2D eigenvalue weighted by Gasteiger charge is -2.06. The zero-order chi connectivity index (χ0) is 12.9. The summed E-state index contributed by atoms with van der Waals surface area (Å²) >= 11 is 1.93. The zero-order valence-electron chi connectivity index (χ0n) is 12.2. The summed E-state index contributed by atoms with van der Waals surface area (Å²) in [7, 11) is 0. The molecule has 18 heavy (non-hydrogen) atoms. The van der Waals surface area contributed by atoms with Crippen LogP contribution < -0.4 is 0 Å². The number of nitrogens with zero attached hydrogens (tertiary/aromatic N) is 1. The van der Waals surface area contributed by atoms with Crippen LogP contribution in [0.3, 0.4) is 0 Å². The monoisotopic (exact) mass is 269 g/mol. The van der Waals surface area contributed by atoms with Crippen molar-refractivity contribution in [2.45, 2.75) is 89.2 Å². The quantitative estimate of drug-likeness (QED) is 0.406. The molecular formula is C16H31NS. The normalized spacial score (nSPS) is 18.6. The average molecular weight is 269 g/mol. The Kier molecular flexibility index (Phi) is 10.8. The van der Waals surface area contributed by atoms with Crippen LogP contribution in [0.25, 0.3) is 0 Å². The average Bonchev–Trinajstić information content (AvgIpc) is 2.89. The summed E-state index contributed by atoms with van der Waals surface area (Å²) in [6, 6.07) is 0. The first-order valence-corrected chi connectivity index (χ1v) is 9.01. The summed E-state index contributed by atoms with van der Waals surface area (Å²) in [6.45, 7) is 3.36. The molecule has 0 radical (unpaired) electrons. The number of hydrogen-bond acceptors (Lipinski definition) is 2. The first-order chi connectivity index (χ1) is 8.93. The molecule has 0 spiro atoms. The topological polar surface area (TPSA) is 12.4 Å². The number of hydrogen-bond donors (Lipinski definition) is 0. The van der Waals surface area contributed by atoms with Gasteiger partial charge in [-0.2, -0.15) is 0 Å². The molecule has 1 heterocycles. The van der Waals surface area contributed by atoms with E-state index in [4.69, 9.17) is 0 Å². The fourth-order valence-electron chi connectivity index (χ4n) is 2.53. The Hall–Kier alpha value is 0.0200. The van der Waals surface area contributed by atoms with E-state index >= 15 is 0 Å². The molecule has 1 atom stereocenters. The smallest absolute Gasteiger partial charge is 0.0544 e. The Morgan fingerprint density at radius 1 is 0.889 bits per heavy atom. The lowest BCUT2D eigenvalue weighted by Crippen LogP contribution is -2.01. The summed E-state index contributed by atoms with van der Waals surface area (Å²) in [6.07, 6.45) is 17.3. The van der Waals surface area contributed by atoms with Crippen molar-refractivity contribution in [1.29, 1.82) is 0 Å². The van der Waals surface area contributed by atoms with E-state index in [2.05, 4.69) is 11.9 Å². The molecule has 0 saturated carbocycles. The van der Waals surface area contributed by atoms with Crippen molar-refractivity contribution in [2.24, 2.45) is 4.99 Å². The maximum atomic E-state index is 4.27. The fourth-order valence-corrected chi connectivity index (χ4v) is 3.35. The van der Waals surface area contributed by atoms with Gasteiger partial charge in [0.05, 0.1) is 12.1 Å². The Balaban J connectivity index is 1.68. The Morgan fingerprint density at radius 2 is 1.44 bits per heavy atom. The van der Waals surface area contributed by atoms with Crippen LogP contribution in [0.5, 0.6) is 0 Å². The van der Waals surface area contributed by atoms with Gasteiger partial charge in [0, 0.05) is 5.25 Å². The first kappa shape index (κ1) is 16.1. The number of aliphatic imine (C=N–C) groups is 1. The van der Waals surface area contributed by atoms with Crippen LogP contribution in [0.1, 0.15) is 84.0 Å². The van der Waals surface area contributed by atoms with Gasteiger partial charge in [-0.3, -0.25) is 4.99 Å². The minimum Gasteiger partial charge on any atom is -0.285 e. The van der Waals surface area contributed by atoms with Gasteiger partial charge in [0.15, 0.2) is 0 Å². The zero-order valence-corrected chi connectivity index (χ0v) is 13.0. The molecule has 1 rings (SSSR count). The molecule has 0 aliphatic carbocycles. The van der Waals surface area contributed by atoms with Crippen molar-refractivity contribution in [3.63, 3.8) is 0 Å². The van der Waals surface area contributed by atoms with Gasteiger partial charge in [0.2, 0.25) is 0 Å². The molecule has 1 aliphatic rings. The minimum absolute atomic E-state index is 0.809. The standard InChI is InChI=1S/C16H31NS/c1-2-3-4-5-6-7-8-9-10-11-12-13-16-14-17-15-18-16/h15-16H,2-14H2,1H3. The SMILES string of the molecule is CCCCCCCCCCCCCC1CN=CS1. The third-order valence-corrected chi connectivity index (χ3v) is 4.81. The van der Waals surface area contributed by atoms with Gasteiger partial charge in [-0.05, 0) is 6.42 Å². The van der Waals surface area contributed by atoms with Gasteiger partial charge in [0.25, 0.3) is 0 Å².